The van der Waals surface area contributed by atoms with Gasteiger partial charge in [-0.3, -0.25) is 9.69 Å². The van der Waals surface area contributed by atoms with Crippen molar-refractivity contribution in [3.63, 3.8) is 0 Å². The van der Waals surface area contributed by atoms with Crippen molar-refractivity contribution in [2.24, 2.45) is 5.92 Å². The molecule has 3 saturated heterocycles. The third-order valence-electron chi connectivity index (χ3n) is 4.44. The molecule has 0 aromatic heterocycles. The number of rotatable bonds is 0. The molecular formula is C12H20N2O. The third-order valence-corrected chi connectivity index (χ3v) is 4.44. The maximum atomic E-state index is 11.5. The SMILES string of the molecule is O=C1CCC2CCN3CCCCC3C2N1. The fourth-order valence-electron chi connectivity index (χ4n) is 3.64. The Hall–Kier alpha value is -0.570. The highest BCUT2D eigenvalue weighted by atomic mass is 16.1. The van der Waals surface area contributed by atoms with Crippen molar-refractivity contribution in [2.75, 3.05) is 13.1 Å². The fraction of sp³-hybridized carbons (Fsp3) is 0.917. The van der Waals surface area contributed by atoms with E-state index in [1.165, 1.54) is 38.8 Å². The van der Waals surface area contributed by atoms with Crippen LogP contribution < -0.4 is 5.32 Å². The van der Waals surface area contributed by atoms with Crippen molar-refractivity contribution in [3.8, 4) is 0 Å². The zero-order chi connectivity index (χ0) is 10.3. The van der Waals surface area contributed by atoms with Crippen molar-refractivity contribution < 1.29 is 4.79 Å². The Morgan fingerprint density at radius 3 is 3.00 bits per heavy atom. The van der Waals surface area contributed by atoms with Crippen LogP contribution in [0.25, 0.3) is 0 Å². The molecule has 3 heteroatoms. The predicted octanol–water partition coefficient (Wildman–Crippen LogP) is 1.14. The van der Waals surface area contributed by atoms with Crippen LogP contribution in [0.4, 0.5) is 0 Å². The molecule has 3 aliphatic rings. The summed E-state index contributed by atoms with van der Waals surface area (Å²) in [6.07, 6.45) is 7.17. The molecule has 3 aliphatic heterocycles. The summed E-state index contributed by atoms with van der Waals surface area (Å²) in [6, 6.07) is 1.13. The van der Waals surface area contributed by atoms with E-state index in [4.69, 9.17) is 0 Å². The largest absolute Gasteiger partial charge is 0.352 e. The molecule has 3 unspecified atom stereocenters. The zero-order valence-corrected chi connectivity index (χ0v) is 9.24. The number of carbonyl (C=O) groups excluding carboxylic acids is 1. The number of hydrogen-bond acceptors (Lipinski definition) is 2. The molecule has 3 heterocycles. The lowest BCUT2D eigenvalue weighted by Gasteiger charge is -2.49. The first-order chi connectivity index (χ1) is 7.34. The van der Waals surface area contributed by atoms with Gasteiger partial charge in [-0.2, -0.15) is 0 Å². The minimum absolute atomic E-state index is 0.281. The lowest BCUT2D eigenvalue weighted by Crippen LogP contribution is -2.62. The zero-order valence-electron chi connectivity index (χ0n) is 9.24. The number of hydrogen-bond donors (Lipinski definition) is 1. The molecule has 0 aromatic rings. The summed E-state index contributed by atoms with van der Waals surface area (Å²) in [4.78, 5) is 14.1. The molecule has 3 fully saturated rings. The van der Waals surface area contributed by atoms with E-state index in [1.54, 1.807) is 0 Å². The summed E-state index contributed by atoms with van der Waals surface area (Å²) in [5.41, 5.74) is 0. The summed E-state index contributed by atoms with van der Waals surface area (Å²) in [6.45, 7) is 2.52. The molecule has 1 amide bonds. The predicted molar refractivity (Wildman–Crippen MR) is 58.5 cm³/mol. The molecule has 0 bridgehead atoms. The highest BCUT2D eigenvalue weighted by Gasteiger charge is 2.41. The second-order valence-corrected chi connectivity index (χ2v) is 5.28. The Bertz CT molecular complexity index is 266. The molecule has 0 aliphatic carbocycles. The van der Waals surface area contributed by atoms with E-state index in [2.05, 4.69) is 10.2 Å². The molecule has 84 valence electrons. The van der Waals surface area contributed by atoms with Crippen LogP contribution in [-0.4, -0.2) is 36.0 Å². The molecule has 0 spiro atoms. The Balaban J connectivity index is 1.77. The Morgan fingerprint density at radius 2 is 2.07 bits per heavy atom. The van der Waals surface area contributed by atoms with Crippen molar-refractivity contribution >= 4 is 5.91 Å². The van der Waals surface area contributed by atoms with Crippen molar-refractivity contribution in [3.05, 3.63) is 0 Å². The van der Waals surface area contributed by atoms with Gasteiger partial charge in [-0.1, -0.05) is 6.42 Å². The van der Waals surface area contributed by atoms with Crippen LogP contribution in [0.1, 0.15) is 38.5 Å². The standard InChI is InChI=1S/C12H20N2O/c15-11-5-4-9-6-8-14-7-2-1-3-10(14)12(9)13-11/h9-10,12H,1-8H2,(H,13,15). The first-order valence-corrected chi connectivity index (χ1v) is 6.38. The van der Waals surface area contributed by atoms with Gasteiger partial charge in [0, 0.05) is 18.5 Å². The average Bonchev–Trinajstić information content (AvgIpc) is 2.29. The van der Waals surface area contributed by atoms with Gasteiger partial charge in [0.05, 0.1) is 0 Å². The highest BCUT2D eigenvalue weighted by molar-refractivity contribution is 5.77. The van der Waals surface area contributed by atoms with Gasteiger partial charge in [-0.25, -0.2) is 0 Å². The smallest absolute Gasteiger partial charge is 0.220 e. The number of piperidine rings is 3. The number of nitrogens with one attached hydrogen (secondary N) is 1. The van der Waals surface area contributed by atoms with Crippen molar-refractivity contribution in [2.45, 2.75) is 50.6 Å². The molecule has 3 atom stereocenters. The first-order valence-electron chi connectivity index (χ1n) is 6.38. The number of fused-ring (bicyclic) bond motifs is 3. The summed E-state index contributed by atoms with van der Waals surface area (Å²) in [5, 5.41) is 3.24. The van der Waals surface area contributed by atoms with Gasteiger partial charge >= 0.3 is 0 Å². The second-order valence-electron chi connectivity index (χ2n) is 5.28. The Labute approximate surface area is 91.2 Å². The average molecular weight is 208 g/mol. The van der Waals surface area contributed by atoms with E-state index < -0.39 is 0 Å². The van der Waals surface area contributed by atoms with Gasteiger partial charge in [-0.05, 0) is 44.7 Å². The van der Waals surface area contributed by atoms with Crippen LogP contribution in [0.15, 0.2) is 0 Å². The van der Waals surface area contributed by atoms with Crippen molar-refractivity contribution in [1.82, 2.24) is 10.2 Å². The molecule has 15 heavy (non-hydrogen) atoms. The summed E-state index contributed by atoms with van der Waals surface area (Å²) in [7, 11) is 0. The Kier molecular flexibility index (Phi) is 2.43. The van der Waals surface area contributed by atoms with E-state index in [1.807, 2.05) is 0 Å². The summed E-state index contributed by atoms with van der Waals surface area (Å²) >= 11 is 0. The lowest BCUT2D eigenvalue weighted by atomic mass is 9.77. The second kappa shape index (κ2) is 3.78. The Morgan fingerprint density at radius 1 is 1.13 bits per heavy atom. The maximum Gasteiger partial charge on any atom is 0.220 e. The van der Waals surface area contributed by atoms with Gasteiger partial charge in [0.15, 0.2) is 0 Å². The monoisotopic (exact) mass is 208 g/mol. The number of nitrogens with zero attached hydrogens (tertiary/aromatic N) is 1. The number of amides is 1. The third kappa shape index (κ3) is 1.67. The normalized spacial score (nSPS) is 41.6. The molecule has 3 rings (SSSR count). The summed E-state index contributed by atoms with van der Waals surface area (Å²) < 4.78 is 0. The van der Waals surface area contributed by atoms with E-state index in [9.17, 15) is 4.79 Å². The van der Waals surface area contributed by atoms with Crippen LogP contribution in [0.5, 0.6) is 0 Å². The van der Waals surface area contributed by atoms with Crippen LogP contribution in [0.3, 0.4) is 0 Å². The van der Waals surface area contributed by atoms with E-state index in [0.717, 1.165) is 18.8 Å². The van der Waals surface area contributed by atoms with Crippen molar-refractivity contribution in [1.29, 1.82) is 0 Å². The van der Waals surface area contributed by atoms with Crippen LogP contribution in [0.2, 0.25) is 0 Å². The topological polar surface area (TPSA) is 32.3 Å². The van der Waals surface area contributed by atoms with Crippen LogP contribution >= 0.6 is 0 Å². The minimum Gasteiger partial charge on any atom is -0.352 e. The fourth-order valence-corrected chi connectivity index (χ4v) is 3.64. The van der Waals surface area contributed by atoms with Gasteiger partial charge in [0.2, 0.25) is 5.91 Å². The molecule has 3 nitrogen and oxygen atoms in total. The highest BCUT2D eigenvalue weighted by Crippen LogP contribution is 2.34. The molecule has 0 radical (unpaired) electrons. The van der Waals surface area contributed by atoms with E-state index in [-0.39, 0.29) is 5.91 Å². The maximum absolute atomic E-state index is 11.5. The molecule has 0 saturated carbocycles. The van der Waals surface area contributed by atoms with Gasteiger partial charge in [-0.15, -0.1) is 0 Å². The number of carbonyl (C=O) groups is 1. The molecule has 0 aromatic carbocycles. The van der Waals surface area contributed by atoms with E-state index >= 15 is 0 Å². The van der Waals surface area contributed by atoms with E-state index in [0.29, 0.717) is 12.1 Å². The van der Waals surface area contributed by atoms with Crippen LogP contribution in [-0.2, 0) is 4.79 Å². The lowest BCUT2D eigenvalue weighted by molar-refractivity contribution is -0.126. The summed E-state index contributed by atoms with van der Waals surface area (Å²) in [5.74, 6) is 1.05. The molecule has 1 N–H and O–H groups in total. The van der Waals surface area contributed by atoms with Crippen LogP contribution in [0, 0.1) is 5.92 Å². The van der Waals surface area contributed by atoms with Gasteiger partial charge < -0.3 is 5.32 Å². The van der Waals surface area contributed by atoms with Gasteiger partial charge in [0.25, 0.3) is 0 Å². The minimum atomic E-state index is 0.281. The van der Waals surface area contributed by atoms with Gasteiger partial charge in [0.1, 0.15) is 0 Å². The first kappa shape index (κ1) is 9.64. The quantitative estimate of drug-likeness (QED) is 0.647. The molecular weight excluding hydrogens is 188 g/mol.